The lowest BCUT2D eigenvalue weighted by Crippen LogP contribution is -2.36. The van der Waals surface area contributed by atoms with Crippen LogP contribution in [0, 0.1) is 17.1 Å². The van der Waals surface area contributed by atoms with Crippen LogP contribution in [0.3, 0.4) is 0 Å². The molecular weight excluding hydrogens is 455 g/mol. The molecule has 1 heterocycles. The molecule has 184 valence electrons. The number of anilines is 1. The van der Waals surface area contributed by atoms with E-state index in [1.54, 1.807) is 0 Å². The summed E-state index contributed by atoms with van der Waals surface area (Å²) in [7, 11) is -3.91. The van der Waals surface area contributed by atoms with Crippen molar-refractivity contribution in [3.8, 4) is 0 Å². The minimum absolute atomic E-state index is 0.156. The normalized spacial score (nSPS) is 20.4. The van der Waals surface area contributed by atoms with Crippen LogP contribution in [-0.4, -0.2) is 49.4 Å². The van der Waals surface area contributed by atoms with E-state index in [4.69, 9.17) is 10.5 Å². The Kier molecular flexibility index (Phi) is 8.25. The van der Waals surface area contributed by atoms with Gasteiger partial charge < -0.3 is 15.8 Å². The van der Waals surface area contributed by atoms with E-state index in [1.165, 1.54) is 25.0 Å². The highest BCUT2D eigenvalue weighted by atomic mass is 32.2. The number of rotatable bonds is 8. The summed E-state index contributed by atoms with van der Waals surface area (Å²) in [5, 5.41) is 25.4. The number of primary sulfonamides is 1. The van der Waals surface area contributed by atoms with Crippen LogP contribution in [0.15, 0.2) is 65.7 Å². The first-order chi connectivity index (χ1) is 16.0. The number of halogens is 1. The van der Waals surface area contributed by atoms with E-state index in [9.17, 15) is 17.9 Å². The monoisotopic (exact) mass is 488 g/mol. The molecule has 7 nitrogen and oxygen atoms in total. The smallest absolute Gasteiger partial charge is 0.238 e. The summed E-state index contributed by atoms with van der Waals surface area (Å²) in [6, 6.07) is 13.1. The van der Waals surface area contributed by atoms with Crippen LogP contribution >= 0.6 is 0 Å². The predicted molar refractivity (Wildman–Crippen MR) is 133 cm³/mol. The molecule has 0 spiro atoms. The zero-order valence-corrected chi connectivity index (χ0v) is 20.2. The van der Waals surface area contributed by atoms with Gasteiger partial charge in [0.1, 0.15) is 5.82 Å². The summed E-state index contributed by atoms with van der Waals surface area (Å²) >= 11 is 0. The van der Waals surface area contributed by atoms with Gasteiger partial charge in [0.15, 0.2) is 0 Å². The molecule has 0 aromatic heterocycles. The first-order valence-electron chi connectivity index (χ1n) is 11.3. The van der Waals surface area contributed by atoms with E-state index in [0.29, 0.717) is 23.7 Å². The van der Waals surface area contributed by atoms with Crippen LogP contribution in [0.5, 0.6) is 0 Å². The maximum atomic E-state index is 13.9. The molecule has 5 N–H and O–H groups in total. The summed E-state index contributed by atoms with van der Waals surface area (Å²) in [4.78, 5) is 1.93. The van der Waals surface area contributed by atoms with Crippen LogP contribution < -0.4 is 10.5 Å². The van der Waals surface area contributed by atoms with Crippen molar-refractivity contribution in [1.82, 2.24) is 4.90 Å². The fourth-order valence-corrected chi connectivity index (χ4v) is 4.70. The number of nitrogens with one attached hydrogen (secondary N) is 2. The number of sulfonamides is 1. The number of allylic oxidation sites excluding steroid dienone is 1. The molecule has 34 heavy (non-hydrogen) atoms. The number of likely N-dealkylation sites (tertiary alicyclic amines) is 1. The second-order valence-electron chi connectivity index (χ2n) is 9.20. The van der Waals surface area contributed by atoms with E-state index >= 15 is 0 Å². The van der Waals surface area contributed by atoms with Gasteiger partial charge in [-0.3, -0.25) is 4.90 Å². The number of β-amino-alcohol motifs (C(OH)–C–C–N with tert-alkyl or cyclic N) is 1. The summed E-state index contributed by atoms with van der Waals surface area (Å²) in [5.41, 5.74) is 2.08. The van der Waals surface area contributed by atoms with Crippen molar-refractivity contribution in [2.24, 2.45) is 11.1 Å². The Bertz CT molecular complexity index is 1140. The van der Waals surface area contributed by atoms with Crippen molar-refractivity contribution >= 4 is 21.4 Å². The largest absolute Gasteiger partial charge is 0.388 e. The fourth-order valence-electron chi connectivity index (χ4n) is 4.17. The molecule has 2 aliphatic rings. The molecule has 1 unspecified atom stereocenters. The van der Waals surface area contributed by atoms with Crippen LogP contribution in [0.25, 0.3) is 0 Å². The number of nitrogens with two attached hydrogens (primary N) is 1. The van der Waals surface area contributed by atoms with Crippen LogP contribution in [0.2, 0.25) is 0 Å². The Morgan fingerprint density at radius 3 is 2.53 bits per heavy atom. The molecule has 0 radical (unpaired) electrons. The molecule has 1 aliphatic heterocycles. The lowest BCUT2D eigenvalue weighted by Gasteiger charge is -2.22. The van der Waals surface area contributed by atoms with Crippen molar-refractivity contribution in [2.45, 2.75) is 43.1 Å². The Balaban J connectivity index is 0.000000212. The van der Waals surface area contributed by atoms with Crippen molar-refractivity contribution in [2.75, 3.05) is 25.0 Å². The maximum absolute atomic E-state index is 13.9. The molecule has 1 saturated heterocycles. The average molecular weight is 489 g/mol. The Hall–Kier alpha value is -2.59. The zero-order valence-electron chi connectivity index (χ0n) is 19.4. The summed E-state index contributed by atoms with van der Waals surface area (Å²) in [5.74, 6) is -0.140. The van der Waals surface area contributed by atoms with Gasteiger partial charge in [0.2, 0.25) is 10.0 Å². The van der Waals surface area contributed by atoms with Gasteiger partial charge in [-0.1, -0.05) is 36.9 Å². The molecule has 1 atom stereocenters. The Labute approximate surface area is 201 Å². The number of hydrogen-bond donors (Lipinski definition) is 4. The second-order valence-corrected chi connectivity index (χ2v) is 10.8. The highest BCUT2D eigenvalue weighted by molar-refractivity contribution is 7.89. The standard InChI is InChI=1S/C15H15FN2O2S.C10H18N2O/c1-11(9-12-5-3-2-4-6-12)18-15-8-7-13(10-14(15)16)21(17,19)20;1-8(11)6-12-5-4-10(13,7-12)9-2-3-9/h2-8,10,18H,1,9H2,(H2,17,19,20);9,11,13H,2-7H2,1H3. The topological polar surface area (TPSA) is 120 Å². The van der Waals surface area contributed by atoms with Crippen LogP contribution in [0.1, 0.15) is 31.7 Å². The number of benzene rings is 2. The van der Waals surface area contributed by atoms with Crippen molar-refractivity contribution in [1.29, 1.82) is 5.41 Å². The summed E-state index contributed by atoms with van der Waals surface area (Å²) < 4.78 is 36.1. The molecular formula is C25H33FN4O3S. The van der Waals surface area contributed by atoms with Crippen LogP contribution in [-0.2, 0) is 16.4 Å². The second kappa shape index (κ2) is 10.8. The highest BCUT2D eigenvalue weighted by Gasteiger charge is 2.47. The quantitative estimate of drug-likeness (QED) is 0.424. The first kappa shape index (κ1) is 26.0. The van der Waals surface area contributed by atoms with Crippen molar-refractivity contribution in [3.63, 3.8) is 0 Å². The van der Waals surface area contributed by atoms with E-state index < -0.39 is 21.4 Å². The van der Waals surface area contributed by atoms with Gasteiger partial charge in [-0.2, -0.15) is 0 Å². The minimum Gasteiger partial charge on any atom is -0.388 e. The Morgan fingerprint density at radius 1 is 1.29 bits per heavy atom. The molecule has 9 heteroatoms. The molecule has 0 bridgehead atoms. The third kappa shape index (κ3) is 7.46. The van der Waals surface area contributed by atoms with E-state index in [0.717, 1.165) is 37.7 Å². The molecule has 1 aliphatic carbocycles. The van der Waals surface area contributed by atoms with Gasteiger partial charge in [-0.05, 0) is 55.9 Å². The third-order valence-corrected chi connectivity index (χ3v) is 6.91. The fraction of sp³-hybridized carbons (Fsp3) is 0.400. The van der Waals surface area contributed by atoms with Gasteiger partial charge in [-0.25, -0.2) is 17.9 Å². The van der Waals surface area contributed by atoms with E-state index in [1.807, 2.05) is 37.3 Å². The number of nitrogens with zero attached hydrogens (tertiary/aromatic N) is 1. The number of aliphatic hydroxyl groups is 1. The molecule has 4 rings (SSSR count). The average Bonchev–Trinajstić information content (AvgIpc) is 3.54. The van der Waals surface area contributed by atoms with E-state index in [-0.39, 0.29) is 10.6 Å². The molecule has 2 aromatic carbocycles. The predicted octanol–water partition coefficient (Wildman–Crippen LogP) is 3.51. The lowest BCUT2D eigenvalue weighted by atomic mass is 9.97. The Morgan fingerprint density at radius 2 is 1.97 bits per heavy atom. The maximum Gasteiger partial charge on any atom is 0.238 e. The summed E-state index contributed by atoms with van der Waals surface area (Å²) in [6.07, 6.45) is 3.85. The first-order valence-corrected chi connectivity index (χ1v) is 12.8. The SMILES string of the molecule is C=C(Cc1ccccc1)Nc1ccc(S(N)(=O)=O)cc1F.CC(=N)CN1CCC(O)(C2CC2)C1. The molecule has 1 saturated carbocycles. The molecule has 2 fully saturated rings. The van der Waals surface area contributed by atoms with Crippen molar-refractivity contribution < 1.29 is 17.9 Å². The third-order valence-electron chi connectivity index (χ3n) is 6.00. The molecule has 0 amide bonds. The molecule has 2 aromatic rings. The van der Waals surface area contributed by atoms with Gasteiger partial charge in [0.05, 0.1) is 16.2 Å². The number of hydrogen-bond acceptors (Lipinski definition) is 6. The van der Waals surface area contributed by atoms with Gasteiger partial charge in [0.25, 0.3) is 0 Å². The lowest BCUT2D eigenvalue weighted by molar-refractivity contribution is 0.0285. The van der Waals surface area contributed by atoms with E-state index in [2.05, 4.69) is 16.8 Å². The minimum atomic E-state index is -3.91. The van der Waals surface area contributed by atoms with Gasteiger partial charge >= 0.3 is 0 Å². The van der Waals surface area contributed by atoms with Crippen molar-refractivity contribution in [3.05, 3.63) is 72.2 Å². The van der Waals surface area contributed by atoms with Gasteiger partial charge in [0, 0.05) is 37.5 Å². The zero-order chi connectivity index (χ0) is 24.9. The van der Waals surface area contributed by atoms with Crippen LogP contribution in [0.4, 0.5) is 10.1 Å². The van der Waals surface area contributed by atoms with Gasteiger partial charge in [-0.15, -0.1) is 0 Å². The summed E-state index contributed by atoms with van der Waals surface area (Å²) in [6.45, 7) is 8.14. The highest BCUT2D eigenvalue weighted by Crippen LogP contribution is 2.44.